The van der Waals surface area contributed by atoms with Gasteiger partial charge in [-0.25, -0.2) is 4.98 Å². The van der Waals surface area contributed by atoms with Gasteiger partial charge < -0.3 is 10.1 Å². The van der Waals surface area contributed by atoms with Crippen molar-refractivity contribution in [1.29, 1.82) is 0 Å². The van der Waals surface area contributed by atoms with Crippen LogP contribution in [-0.4, -0.2) is 27.3 Å². The van der Waals surface area contributed by atoms with Crippen LogP contribution in [0.4, 0.5) is 13.9 Å². The lowest BCUT2D eigenvalue weighted by atomic mass is 10.1. The number of halogens is 2. The van der Waals surface area contributed by atoms with Crippen LogP contribution in [0.15, 0.2) is 64.9 Å². The molecule has 0 radical (unpaired) electrons. The molecule has 0 bridgehead atoms. The van der Waals surface area contributed by atoms with Gasteiger partial charge in [0.2, 0.25) is 11.3 Å². The number of hydrogen-bond donors (Lipinski definition) is 1. The number of alkyl halides is 2. The van der Waals surface area contributed by atoms with Crippen molar-refractivity contribution in [2.75, 3.05) is 5.32 Å². The average Bonchev–Trinajstić information content (AvgIpc) is 3.18. The Labute approximate surface area is 172 Å². The van der Waals surface area contributed by atoms with Crippen molar-refractivity contribution in [2.45, 2.75) is 13.2 Å². The molecule has 0 atom stereocenters. The maximum absolute atomic E-state index is 12.6. The molecule has 2 heterocycles. The molecule has 1 amide bonds. The first kappa shape index (κ1) is 19.6. The number of hydrogen-bond acceptors (Lipinski definition) is 6. The molecule has 0 spiro atoms. The predicted molar refractivity (Wildman–Crippen MR) is 109 cm³/mol. The lowest BCUT2D eigenvalue weighted by Crippen LogP contribution is -2.22. The number of nitrogens with one attached hydrogen (secondary N) is 1. The summed E-state index contributed by atoms with van der Waals surface area (Å²) in [5, 5.41) is 9.08. The Balaban J connectivity index is 1.52. The Morgan fingerprint density at radius 1 is 1.17 bits per heavy atom. The van der Waals surface area contributed by atoms with Crippen molar-refractivity contribution in [3.63, 3.8) is 0 Å². The van der Waals surface area contributed by atoms with Crippen molar-refractivity contribution in [1.82, 2.24) is 14.8 Å². The molecule has 0 aliphatic carbocycles. The molecule has 1 N–H and O–H groups in total. The Kier molecular flexibility index (Phi) is 5.48. The van der Waals surface area contributed by atoms with Gasteiger partial charge in [-0.3, -0.25) is 14.3 Å². The molecule has 30 heavy (non-hydrogen) atoms. The summed E-state index contributed by atoms with van der Waals surface area (Å²) in [5.74, 6) is -0.395. The van der Waals surface area contributed by atoms with Gasteiger partial charge in [0.15, 0.2) is 5.13 Å². The minimum atomic E-state index is -2.95. The number of aromatic nitrogens is 3. The summed E-state index contributed by atoms with van der Waals surface area (Å²) in [7, 11) is 0. The Hall–Kier alpha value is -3.66. The van der Waals surface area contributed by atoms with E-state index in [1.54, 1.807) is 47.8 Å². The molecule has 2 aromatic heterocycles. The van der Waals surface area contributed by atoms with E-state index in [0.29, 0.717) is 27.3 Å². The van der Waals surface area contributed by atoms with Crippen molar-refractivity contribution in [3.8, 4) is 17.0 Å². The fraction of sp³-hybridized carbons (Fsp3) is 0.100. The Morgan fingerprint density at radius 3 is 2.77 bits per heavy atom. The van der Waals surface area contributed by atoms with Crippen molar-refractivity contribution in [2.24, 2.45) is 0 Å². The quantitative estimate of drug-likeness (QED) is 0.505. The number of fused-ring (bicyclic) bond motifs is 1. The normalized spacial score (nSPS) is 11.0. The van der Waals surface area contributed by atoms with E-state index in [1.807, 2.05) is 0 Å². The van der Waals surface area contributed by atoms with E-state index in [0.717, 1.165) is 17.5 Å². The van der Waals surface area contributed by atoms with Crippen LogP contribution in [-0.2, 0) is 11.3 Å². The largest absolute Gasteiger partial charge is 0.434 e. The van der Waals surface area contributed by atoms with E-state index in [9.17, 15) is 18.4 Å². The number of anilines is 1. The number of amides is 1. The van der Waals surface area contributed by atoms with E-state index in [4.69, 9.17) is 0 Å². The molecule has 4 aromatic rings. The number of rotatable bonds is 6. The number of ether oxygens (including phenoxy) is 1. The maximum Gasteiger partial charge on any atom is 0.387 e. The van der Waals surface area contributed by atoms with E-state index in [2.05, 4.69) is 20.1 Å². The summed E-state index contributed by atoms with van der Waals surface area (Å²) in [4.78, 5) is 28.6. The zero-order valence-corrected chi connectivity index (χ0v) is 16.1. The Morgan fingerprint density at radius 2 is 1.93 bits per heavy atom. The average molecular weight is 428 g/mol. The summed E-state index contributed by atoms with van der Waals surface area (Å²) in [6, 6.07) is 13.2. The van der Waals surface area contributed by atoms with Gasteiger partial charge in [-0.1, -0.05) is 24.3 Å². The van der Waals surface area contributed by atoms with Crippen LogP contribution < -0.4 is 15.5 Å². The van der Waals surface area contributed by atoms with Crippen LogP contribution in [0, 0.1) is 0 Å². The molecule has 0 saturated heterocycles. The highest BCUT2D eigenvalue weighted by atomic mass is 32.1. The highest BCUT2D eigenvalue weighted by Crippen LogP contribution is 2.33. The van der Waals surface area contributed by atoms with Gasteiger partial charge >= 0.3 is 6.61 Å². The Bertz CT molecular complexity index is 1270. The van der Waals surface area contributed by atoms with Gasteiger partial charge in [0.05, 0.1) is 17.4 Å². The van der Waals surface area contributed by atoms with Crippen LogP contribution in [0.5, 0.6) is 5.75 Å². The molecule has 152 valence electrons. The monoisotopic (exact) mass is 428 g/mol. The van der Waals surface area contributed by atoms with Crippen LogP contribution >= 0.6 is 11.3 Å². The van der Waals surface area contributed by atoms with Gasteiger partial charge in [-0.15, -0.1) is 11.3 Å². The summed E-state index contributed by atoms with van der Waals surface area (Å²) < 4.78 is 31.2. The topological polar surface area (TPSA) is 86.1 Å². The third-order valence-corrected chi connectivity index (χ3v) is 4.94. The summed E-state index contributed by atoms with van der Waals surface area (Å²) in [6.07, 6.45) is 1.16. The third kappa shape index (κ3) is 4.18. The van der Waals surface area contributed by atoms with Gasteiger partial charge in [0, 0.05) is 16.3 Å². The van der Waals surface area contributed by atoms with E-state index < -0.39 is 12.5 Å². The first-order valence-corrected chi connectivity index (χ1v) is 9.63. The minimum Gasteiger partial charge on any atom is -0.434 e. The fourth-order valence-corrected chi connectivity index (χ4v) is 3.64. The molecule has 0 unspecified atom stereocenters. The number of thiazole rings is 1. The van der Waals surface area contributed by atoms with Crippen molar-refractivity contribution < 1.29 is 18.3 Å². The smallest absolute Gasteiger partial charge is 0.387 e. The third-order valence-electron chi connectivity index (χ3n) is 4.18. The first-order chi connectivity index (χ1) is 14.5. The number of para-hydroxylation sites is 2. The fourth-order valence-electron chi connectivity index (χ4n) is 2.91. The lowest BCUT2D eigenvalue weighted by molar-refractivity contribution is -0.116. The number of carbonyl (C=O) groups is 1. The zero-order chi connectivity index (χ0) is 21.1. The number of nitrogens with zero attached hydrogens (tertiary/aromatic N) is 3. The molecule has 0 aliphatic heterocycles. The van der Waals surface area contributed by atoms with Crippen LogP contribution in [0.25, 0.3) is 22.2 Å². The standard InChI is InChI=1S/C20H14F2N4O3S/c21-19(22)29-17-8-4-2-5-12(17)14-11-30-20(24-14)25-18(28)10-26-15-7-3-1-6-13(15)16(27)9-23-26/h1-9,11,19H,10H2,(H,24,25,28). The SMILES string of the molecule is O=C(Cn1ncc(=O)c2ccccc21)Nc1nc(-c2ccccc2OC(F)F)cs1. The molecule has 7 nitrogen and oxygen atoms in total. The first-order valence-electron chi connectivity index (χ1n) is 8.76. The zero-order valence-electron chi connectivity index (χ0n) is 15.3. The molecule has 0 fully saturated rings. The van der Waals surface area contributed by atoms with E-state index in [-0.39, 0.29) is 17.7 Å². The van der Waals surface area contributed by atoms with Crippen molar-refractivity contribution in [3.05, 3.63) is 70.3 Å². The molecule has 2 aromatic carbocycles. The molecular formula is C20H14F2N4O3S. The van der Waals surface area contributed by atoms with E-state index in [1.165, 1.54) is 10.7 Å². The van der Waals surface area contributed by atoms with Crippen LogP contribution in [0.3, 0.4) is 0 Å². The predicted octanol–water partition coefficient (Wildman–Crippen LogP) is 3.76. The second kappa shape index (κ2) is 8.37. The van der Waals surface area contributed by atoms with Gasteiger partial charge in [0.25, 0.3) is 0 Å². The summed E-state index contributed by atoms with van der Waals surface area (Å²) in [6.45, 7) is -3.08. The lowest BCUT2D eigenvalue weighted by Gasteiger charge is -2.09. The highest BCUT2D eigenvalue weighted by molar-refractivity contribution is 7.14. The second-order valence-corrected chi connectivity index (χ2v) is 7.00. The summed E-state index contributed by atoms with van der Waals surface area (Å²) in [5.41, 5.74) is 1.11. The minimum absolute atomic E-state index is 0.000366. The number of carbonyl (C=O) groups excluding carboxylic acids is 1. The summed E-state index contributed by atoms with van der Waals surface area (Å²) >= 11 is 1.15. The molecule has 0 aliphatic rings. The highest BCUT2D eigenvalue weighted by Gasteiger charge is 2.15. The maximum atomic E-state index is 12.6. The van der Waals surface area contributed by atoms with Crippen LogP contribution in [0.2, 0.25) is 0 Å². The molecule has 10 heteroatoms. The molecule has 4 rings (SSSR count). The molecule has 0 saturated carbocycles. The van der Waals surface area contributed by atoms with E-state index >= 15 is 0 Å². The van der Waals surface area contributed by atoms with Crippen molar-refractivity contribution >= 4 is 33.3 Å². The van der Waals surface area contributed by atoms with Gasteiger partial charge in [0.1, 0.15) is 12.3 Å². The second-order valence-electron chi connectivity index (χ2n) is 6.14. The number of benzene rings is 2. The molecular weight excluding hydrogens is 414 g/mol. The van der Waals surface area contributed by atoms with Gasteiger partial charge in [-0.2, -0.15) is 13.9 Å². The van der Waals surface area contributed by atoms with Gasteiger partial charge in [-0.05, 0) is 24.3 Å². The van der Waals surface area contributed by atoms with Crippen LogP contribution in [0.1, 0.15) is 0 Å².